The van der Waals surface area contributed by atoms with Gasteiger partial charge in [0.1, 0.15) is 12.6 Å². The van der Waals surface area contributed by atoms with E-state index < -0.39 is 34.4 Å². The van der Waals surface area contributed by atoms with E-state index in [1.807, 2.05) is 44.2 Å². The fourth-order valence-electron chi connectivity index (χ4n) is 4.32. The van der Waals surface area contributed by atoms with Gasteiger partial charge >= 0.3 is 0 Å². The smallest absolute Gasteiger partial charge is 0.244 e. The van der Waals surface area contributed by atoms with E-state index in [-0.39, 0.29) is 30.4 Å². The summed E-state index contributed by atoms with van der Waals surface area (Å²) >= 11 is 13.0. The summed E-state index contributed by atoms with van der Waals surface area (Å²) < 4.78 is 26.8. The minimum atomic E-state index is -3.98. The highest BCUT2D eigenvalue weighted by molar-refractivity contribution is 7.92. The number of nitrogens with one attached hydrogen (secondary N) is 1. The van der Waals surface area contributed by atoms with Crippen LogP contribution < -0.4 is 9.62 Å². The number of carbonyl (C=O) groups is 3. The Balaban J connectivity index is 2.11. The van der Waals surface area contributed by atoms with Crippen LogP contribution in [0.3, 0.4) is 0 Å². The zero-order valence-electron chi connectivity index (χ0n) is 24.0. The Hall–Kier alpha value is -3.40. The van der Waals surface area contributed by atoms with Gasteiger partial charge in [-0.15, -0.1) is 0 Å². The van der Waals surface area contributed by atoms with Crippen LogP contribution in [0.4, 0.5) is 5.69 Å². The Morgan fingerprint density at radius 3 is 2.10 bits per heavy atom. The van der Waals surface area contributed by atoms with Gasteiger partial charge in [-0.05, 0) is 42.7 Å². The summed E-state index contributed by atoms with van der Waals surface area (Å²) in [6.45, 7) is 4.90. The molecule has 2 amide bonds. The summed E-state index contributed by atoms with van der Waals surface area (Å²) in [5.74, 6) is -1.14. The topological polar surface area (TPSA) is 104 Å². The monoisotopic (exact) mass is 631 g/mol. The molecule has 1 atom stereocenters. The average molecular weight is 633 g/mol. The zero-order chi connectivity index (χ0) is 31.0. The van der Waals surface area contributed by atoms with Crippen molar-refractivity contribution in [1.29, 1.82) is 0 Å². The SMILES string of the molecule is CC(=O)c1cccc(N(CC(=O)N(Cc2c(Cl)cccc2Cl)C(Cc2ccccc2)C(=O)NCC(C)C)S(C)(=O)=O)c1. The molecule has 3 aromatic rings. The normalized spacial score (nSPS) is 12.1. The Morgan fingerprint density at radius 1 is 0.905 bits per heavy atom. The molecule has 0 bridgehead atoms. The second-order valence-electron chi connectivity index (χ2n) is 10.4. The highest BCUT2D eigenvalue weighted by Gasteiger charge is 2.34. The number of rotatable bonds is 13. The number of nitrogens with zero attached hydrogens (tertiary/aromatic N) is 2. The summed E-state index contributed by atoms with van der Waals surface area (Å²) in [7, 11) is -3.98. The number of Topliss-reactive ketones (excluding diaryl/α,β-unsaturated/α-hetero) is 1. The van der Waals surface area contributed by atoms with Gasteiger partial charge in [0.15, 0.2) is 5.78 Å². The molecule has 0 fully saturated rings. The first-order valence-electron chi connectivity index (χ1n) is 13.4. The van der Waals surface area contributed by atoms with Crippen LogP contribution in [0.15, 0.2) is 72.8 Å². The van der Waals surface area contributed by atoms with Crippen LogP contribution in [0.25, 0.3) is 0 Å². The van der Waals surface area contributed by atoms with Crippen LogP contribution in [-0.4, -0.2) is 56.3 Å². The fourth-order valence-corrected chi connectivity index (χ4v) is 5.68. The Kier molecular flexibility index (Phi) is 11.6. The molecule has 0 heterocycles. The summed E-state index contributed by atoms with van der Waals surface area (Å²) in [4.78, 5) is 41.2. The largest absolute Gasteiger partial charge is 0.354 e. The van der Waals surface area contributed by atoms with Crippen LogP contribution in [0.2, 0.25) is 10.0 Å². The zero-order valence-corrected chi connectivity index (χ0v) is 26.3. The van der Waals surface area contributed by atoms with E-state index in [1.165, 1.54) is 24.0 Å². The Morgan fingerprint density at radius 2 is 1.52 bits per heavy atom. The first-order chi connectivity index (χ1) is 19.8. The van der Waals surface area contributed by atoms with E-state index in [4.69, 9.17) is 23.2 Å². The van der Waals surface area contributed by atoms with Crippen LogP contribution in [-0.2, 0) is 32.6 Å². The molecule has 0 aliphatic rings. The van der Waals surface area contributed by atoms with Gasteiger partial charge in [-0.2, -0.15) is 0 Å². The number of halogens is 2. The van der Waals surface area contributed by atoms with Crippen molar-refractivity contribution in [3.05, 3.63) is 99.5 Å². The van der Waals surface area contributed by atoms with E-state index in [0.29, 0.717) is 27.7 Å². The van der Waals surface area contributed by atoms with Gasteiger partial charge in [0.25, 0.3) is 0 Å². The second kappa shape index (κ2) is 14.7. The number of hydrogen-bond donors (Lipinski definition) is 1. The molecule has 1 N–H and O–H groups in total. The van der Waals surface area contributed by atoms with Crippen molar-refractivity contribution >= 4 is 56.5 Å². The summed E-state index contributed by atoms with van der Waals surface area (Å²) in [5, 5.41) is 3.52. The molecule has 0 aliphatic carbocycles. The van der Waals surface area contributed by atoms with Crippen molar-refractivity contribution in [2.75, 3.05) is 23.7 Å². The van der Waals surface area contributed by atoms with Crippen LogP contribution in [0.1, 0.15) is 42.3 Å². The third kappa shape index (κ3) is 9.05. The number of benzene rings is 3. The fraction of sp³-hybridized carbons (Fsp3) is 0.323. The quantitative estimate of drug-likeness (QED) is 0.255. The molecule has 0 saturated carbocycles. The molecule has 0 aromatic heterocycles. The van der Waals surface area contributed by atoms with Gasteiger partial charge in [-0.3, -0.25) is 18.7 Å². The van der Waals surface area contributed by atoms with E-state index in [2.05, 4.69) is 5.32 Å². The van der Waals surface area contributed by atoms with Crippen molar-refractivity contribution in [1.82, 2.24) is 10.2 Å². The predicted molar refractivity (Wildman–Crippen MR) is 167 cm³/mol. The van der Waals surface area contributed by atoms with Crippen molar-refractivity contribution in [2.24, 2.45) is 5.92 Å². The molecule has 3 rings (SSSR count). The van der Waals surface area contributed by atoms with Crippen molar-refractivity contribution in [3.8, 4) is 0 Å². The van der Waals surface area contributed by atoms with Gasteiger partial charge < -0.3 is 10.2 Å². The summed E-state index contributed by atoms with van der Waals surface area (Å²) in [6, 6.07) is 19.2. The number of ketones is 1. The number of sulfonamides is 1. The van der Waals surface area contributed by atoms with E-state index in [0.717, 1.165) is 16.1 Å². The molecule has 0 aliphatic heterocycles. The molecule has 11 heteroatoms. The lowest BCUT2D eigenvalue weighted by molar-refractivity contribution is -0.140. The molecule has 42 heavy (non-hydrogen) atoms. The standard InChI is InChI=1S/C31H35Cl2N3O5S/c1-21(2)18-34-31(39)29(16-23-10-6-5-7-11-23)35(19-26-27(32)14-9-15-28(26)33)30(38)20-36(42(4,40)41)25-13-8-12-24(17-25)22(3)37/h5-15,17,21,29H,16,18-20H2,1-4H3,(H,34,39). The Bertz CT molecular complexity index is 1510. The lowest BCUT2D eigenvalue weighted by Crippen LogP contribution is -2.53. The maximum absolute atomic E-state index is 14.2. The Labute approximate surface area is 257 Å². The minimum absolute atomic E-state index is 0.144. The molecule has 0 spiro atoms. The number of amides is 2. The maximum atomic E-state index is 14.2. The van der Waals surface area contributed by atoms with E-state index >= 15 is 0 Å². The van der Waals surface area contributed by atoms with Gasteiger partial charge in [0.05, 0.1) is 11.9 Å². The first kappa shape index (κ1) is 33.1. The van der Waals surface area contributed by atoms with Crippen LogP contribution in [0.5, 0.6) is 0 Å². The number of anilines is 1. The van der Waals surface area contributed by atoms with Crippen LogP contribution in [0, 0.1) is 5.92 Å². The third-order valence-corrected chi connectivity index (χ3v) is 8.41. The molecule has 3 aromatic carbocycles. The number of carbonyl (C=O) groups excluding carboxylic acids is 3. The van der Waals surface area contributed by atoms with Crippen molar-refractivity contribution in [3.63, 3.8) is 0 Å². The molecular weight excluding hydrogens is 597 g/mol. The molecule has 224 valence electrons. The van der Waals surface area contributed by atoms with Crippen molar-refractivity contribution in [2.45, 2.75) is 39.8 Å². The molecule has 0 saturated heterocycles. The van der Waals surface area contributed by atoms with Gasteiger partial charge in [0, 0.05) is 40.7 Å². The lowest BCUT2D eigenvalue weighted by Gasteiger charge is -2.34. The van der Waals surface area contributed by atoms with Gasteiger partial charge in [-0.1, -0.05) is 85.6 Å². The third-order valence-electron chi connectivity index (χ3n) is 6.57. The first-order valence-corrected chi connectivity index (χ1v) is 16.0. The lowest BCUT2D eigenvalue weighted by atomic mass is 10.0. The van der Waals surface area contributed by atoms with Crippen molar-refractivity contribution < 1.29 is 22.8 Å². The number of hydrogen-bond acceptors (Lipinski definition) is 5. The summed E-state index contributed by atoms with van der Waals surface area (Å²) in [5.41, 5.74) is 1.68. The van der Waals surface area contributed by atoms with Gasteiger partial charge in [-0.25, -0.2) is 8.42 Å². The highest BCUT2D eigenvalue weighted by atomic mass is 35.5. The minimum Gasteiger partial charge on any atom is -0.354 e. The molecule has 8 nitrogen and oxygen atoms in total. The summed E-state index contributed by atoms with van der Waals surface area (Å²) in [6.07, 6.45) is 1.14. The second-order valence-corrected chi connectivity index (χ2v) is 13.2. The van der Waals surface area contributed by atoms with Crippen LogP contribution >= 0.6 is 23.2 Å². The molecule has 0 radical (unpaired) electrons. The highest BCUT2D eigenvalue weighted by Crippen LogP contribution is 2.28. The molecule has 1 unspecified atom stereocenters. The van der Waals surface area contributed by atoms with E-state index in [1.54, 1.807) is 30.3 Å². The van der Waals surface area contributed by atoms with Gasteiger partial charge in [0.2, 0.25) is 21.8 Å². The van der Waals surface area contributed by atoms with E-state index in [9.17, 15) is 22.8 Å². The predicted octanol–water partition coefficient (Wildman–Crippen LogP) is 5.37. The maximum Gasteiger partial charge on any atom is 0.244 e. The average Bonchev–Trinajstić information content (AvgIpc) is 2.93. The molecular formula is C31H35Cl2N3O5S.